The van der Waals surface area contributed by atoms with E-state index in [9.17, 15) is 8.42 Å². The minimum atomic E-state index is -3.19. The second kappa shape index (κ2) is 8.30. The van der Waals surface area contributed by atoms with Crippen LogP contribution in [0.2, 0.25) is 0 Å². The van der Waals surface area contributed by atoms with Crippen LogP contribution >= 0.6 is 0 Å². The zero-order valence-corrected chi connectivity index (χ0v) is 13.5. The Kier molecular flexibility index (Phi) is 7.06. The van der Waals surface area contributed by atoms with E-state index in [1.54, 1.807) is 25.1 Å². The summed E-state index contributed by atoms with van der Waals surface area (Å²) in [5, 5.41) is 0. The van der Waals surface area contributed by atoms with Gasteiger partial charge in [0.15, 0.2) is 9.84 Å². The average molecular weight is 297 g/mol. The third-order valence-corrected chi connectivity index (χ3v) is 5.62. The summed E-state index contributed by atoms with van der Waals surface area (Å²) in [4.78, 5) is 0.392. The Balaban J connectivity index is 2.44. The van der Waals surface area contributed by atoms with Gasteiger partial charge in [0.2, 0.25) is 0 Å². The monoisotopic (exact) mass is 297 g/mol. The summed E-state index contributed by atoms with van der Waals surface area (Å²) in [6.07, 6.45) is 7.85. The number of nitrogen functional groups attached to an aromatic ring is 1. The van der Waals surface area contributed by atoms with Gasteiger partial charge in [-0.3, -0.25) is 0 Å². The molecule has 0 heterocycles. The van der Waals surface area contributed by atoms with E-state index in [1.165, 1.54) is 25.7 Å². The molecule has 0 aliphatic carbocycles. The molecule has 0 atom stereocenters. The summed E-state index contributed by atoms with van der Waals surface area (Å²) >= 11 is 0. The average Bonchev–Trinajstić information content (AvgIpc) is 2.40. The van der Waals surface area contributed by atoms with Gasteiger partial charge in [-0.25, -0.2) is 8.42 Å². The van der Waals surface area contributed by atoms with Crippen molar-refractivity contribution in [2.75, 3.05) is 11.5 Å². The van der Waals surface area contributed by atoms with Crippen LogP contribution in [0.4, 0.5) is 5.69 Å². The van der Waals surface area contributed by atoms with Crippen LogP contribution in [0.5, 0.6) is 0 Å². The zero-order chi connectivity index (χ0) is 15.0. The molecule has 0 aliphatic rings. The van der Waals surface area contributed by atoms with Crippen LogP contribution in [0.25, 0.3) is 0 Å². The number of unbranched alkanes of at least 4 members (excludes halogenated alkanes) is 6. The first kappa shape index (κ1) is 17.0. The highest BCUT2D eigenvalue weighted by atomic mass is 32.2. The Labute approximate surface area is 123 Å². The number of benzene rings is 1. The van der Waals surface area contributed by atoms with Gasteiger partial charge >= 0.3 is 0 Å². The highest BCUT2D eigenvalue weighted by Gasteiger charge is 2.17. The first-order valence-corrected chi connectivity index (χ1v) is 9.22. The fourth-order valence-corrected chi connectivity index (χ4v) is 4.00. The topological polar surface area (TPSA) is 60.2 Å². The third-order valence-electron chi connectivity index (χ3n) is 3.68. The maximum absolute atomic E-state index is 12.3. The molecule has 4 heteroatoms. The van der Waals surface area contributed by atoms with Crippen molar-refractivity contribution in [1.29, 1.82) is 0 Å². The first-order chi connectivity index (χ1) is 9.49. The first-order valence-electron chi connectivity index (χ1n) is 7.57. The van der Waals surface area contributed by atoms with Gasteiger partial charge in [-0.1, -0.05) is 51.5 Å². The quantitative estimate of drug-likeness (QED) is 0.551. The van der Waals surface area contributed by atoms with Crippen LogP contribution in [-0.4, -0.2) is 14.2 Å². The predicted octanol–water partition coefficient (Wildman–Crippen LogP) is 4.10. The van der Waals surface area contributed by atoms with E-state index < -0.39 is 9.84 Å². The van der Waals surface area contributed by atoms with E-state index in [2.05, 4.69) is 6.92 Å². The predicted molar refractivity (Wildman–Crippen MR) is 85.6 cm³/mol. The van der Waals surface area contributed by atoms with Crippen molar-refractivity contribution in [2.45, 2.75) is 63.7 Å². The lowest BCUT2D eigenvalue weighted by Gasteiger charge is -2.09. The second-order valence-corrected chi connectivity index (χ2v) is 7.49. The van der Waals surface area contributed by atoms with E-state index in [1.807, 2.05) is 0 Å². The SMILES string of the molecule is CCCCCCCCCS(=O)(=O)c1cccc(N)c1C. The van der Waals surface area contributed by atoms with Crippen molar-refractivity contribution in [3.8, 4) is 0 Å². The molecule has 20 heavy (non-hydrogen) atoms. The smallest absolute Gasteiger partial charge is 0.178 e. The van der Waals surface area contributed by atoms with E-state index in [4.69, 9.17) is 5.73 Å². The Morgan fingerprint density at radius 3 is 2.25 bits per heavy atom. The van der Waals surface area contributed by atoms with E-state index >= 15 is 0 Å². The normalized spacial score (nSPS) is 11.7. The Morgan fingerprint density at radius 1 is 1.00 bits per heavy atom. The number of hydrogen-bond donors (Lipinski definition) is 1. The molecular weight excluding hydrogens is 270 g/mol. The highest BCUT2D eigenvalue weighted by molar-refractivity contribution is 7.91. The van der Waals surface area contributed by atoms with Gasteiger partial charge < -0.3 is 5.73 Å². The van der Waals surface area contributed by atoms with Gasteiger partial charge in [0.1, 0.15) is 0 Å². The minimum absolute atomic E-state index is 0.227. The van der Waals surface area contributed by atoms with Crippen LogP contribution in [-0.2, 0) is 9.84 Å². The molecule has 0 unspecified atom stereocenters. The van der Waals surface area contributed by atoms with Crippen molar-refractivity contribution >= 4 is 15.5 Å². The van der Waals surface area contributed by atoms with Crippen LogP contribution in [0.1, 0.15) is 57.4 Å². The molecule has 1 aromatic rings. The molecule has 0 saturated heterocycles. The molecule has 0 fully saturated rings. The minimum Gasteiger partial charge on any atom is -0.398 e. The fraction of sp³-hybridized carbons (Fsp3) is 0.625. The Bertz CT molecular complexity index is 509. The molecule has 1 aromatic carbocycles. The van der Waals surface area contributed by atoms with Crippen LogP contribution in [0, 0.1) is 6.92 Å². The zero-order valence-electron chi connectivity index (χ0n) is 12.7. The molecule has 0 saturated carbocycles. The Hall–Kier alpha value is -1.03. The van der Waals surface area contributed by atoms with Crippen molar-refractivity contribution < 1.29 is 8.42 Å². The van der Waals surface area contributed by atoms with Gasteiger partial charge in [0.25, 0.3) is 0 Å². The molecule has 0 bridgehead atoms. The number of sulfone groups is 1. The number of rotatable bonds is 9. The lowest BCUT2D eigenvalue weighted by molar-refractivity contribution is 0.578. The van der Waals surface area contributed by atoms with Crippen molar-refractivity contribution in [3.63, 3.8) is 0 Å². The molecule has 0 spiro atoms. The molecular formula is C16H27NO2S. The van der Waals surface area contributed by atoms with Crippen LogP contribution in [0.15, 0.2) is 23.1 Å². The maximum Gasteiger partial charge on any atom is 0.178 e. The molecule has 2 N–H and O–H groups in total. The van der Waals surface area contributed by atoms with E-state index in [-0.39, 0.29) is 5.75 Å². The van der Waals surface area contributed by atoms with Crippen molar-refractivity contribution in [2.24, 2.45) is 0 Å². The largest absolute Gasteiger partial charge is 0.398 e. The lowest BCUT2D eigenvalue weighted by atomic mass is 10.1. The van der Waals surface area contributed by atoms with Gasteiger partial charge in [-0.05, 0) is 31.0 Å². The summed E-state index contributed by atoms with van der Waals surface area (Å²) in [6.45, 7) is 3.97. The number of anilines is 1. The number of hydrogen-bond acceptors (Lipinski definition) is 3. The molecule has 0 radical (unpaired) electrons. The summed E-state index contributed by atoms with van der Waals surface area (Å²) in [6, 6.07) is 5.10. The Morgan fingerprint density at radius 2 is 1.60 bits per heavy atom. The van der Waals surface area contributed by atoms with Gasteiger partial charge in [-0.15, -0.1) is 0 Å². The molecule has 0 aromatic heterocycles. The van der Waals surface area contributed by atoms with Gasteiger partial charge in [-0.2, -0.15) is 0 Å². The summed E-state index contributed by atoms with van der Waals surface area (Å²) < 4.78 is 24.6. The lowest BCUT2D eigenvalue weighted by Crippen LogP contribution is -2.09. The third kappa shape index (κ3) is 5.16. The van der Waals surface area contributed by atoms with Gasteiger partial charge in [0, 0.05) is 5.69 Å². The molecule has 1 rings (SSSR count). The molecule has 0 aliphatic heterocycles. The molecule has 114 valence electrons. The second-order valence-electron chi connectivity index (χ2n) is 5.41. The summed E-state index contributed by atoms with van der Waals surface area (Å²) in [5.74, 6) is 0.227. The standard InChI is InChI=1S/C16H27NO2S/c1-3-4-5-6-7-8-9-13-20(18,19)16-12-10-11-15(17)14(16)2/h10-12H,3-9,13,17H2,1-2H3. The van der Waals surface area contributed by atoms with Crippen LogP contribution < -0.4 is 5.73 Å². The van der Waals surface area contributed by atoms with Gasteiger partial charge in [0.05, 0.1) is 10.6 Å². The summed E-state index contributed by atoms with van der Waals surface area (Å²) in [5.41, 5.74) is 7.00. The fourth-order valence-electron chi connectivity index (χ4n) is 2.33. The number of nitrogens with two attached hydrogens (primary N) is 1. The maximum atomic E-state index is 12.3. The molecule has 3 nitrogen and oxygen atoms in total. The van der Waals surface area contributed by atoms with E-state index in [0.717, 1.165) is 19.3 Å². The van der Waals surface area contributed by atoms with Crippen molar-refractivity contribution in [3.05, 3.63) is 23.8 Å². The van der Waals surface area contributed by atoms with Crippen LogP contribution in [0.3, 0.4) is 0 Å². The summed E-state index contributed by atoms with van der Waals surface area (Å²) in [7, 11) is -3.19. The highest BCUT2D eigenvalue weighted by Crippen LogP contribution is 2.22. The van der Waals surface area contributed by atoms with Crippen molar-refractivity contribution in [1.82, 2.24) is 0 Å². The molecule has 0 amide bonds. The van der Waals surface area contributed by atoms with E-state index in [0.29, 0.717) is 16.1 Å².